The SMILES string of the molecule is O=c1ccc([C@H](O)[C@H]2CCCN(c3nnnc4cc(N5CCOCC5)ccc34)C2)n[nH]1. The molecule has 2 fully saturated rings. The van der Waals surface area contributed by atoms with Crippen LogP contribution in [0.15, 0.2) is 35.1 Å². The van der Waals surface area contributed by atoms with Gasteiger partial charge in [-0.2, -0.15) is 5.10 Å². The van der Waals surface area contributed by atoms with Crippen molar-refractivity contribution >= 4 is 22.4 Å². The van der Waals surface area contributed by atoms with E-state index in [4.69, 9.17) is 4.74 Å². The van der Waals surface area contributed by atoms with Crippen LogP contribution in [0.25, 0.3) is 10.9 Å². The van der Waals surface area contributed by atoms with E-state index in [1.165, 1.54) is 6.07 Å². The first-order valence-electron chi connectivity index (χ1n) is 10.6. The number of H-pyrrole nitrogens is 1. The molecule has 2 saturated heterocycles. The average Bonchev–Trinajstić information content (AvgIpc) is 2.84. The van der Waals surface area contributed by atoms with Gasteiger partial charge in [0.05, 0.1) is 18.9 Å². The van der Waals surface area contributed by atoms with Crippen LogP contribution in [-0.4, -0.2) is 70.1 Å². The second kappa shape index (κ2) is 8.56. The first-order chi connectivity index (χ1) is 15.2. The van der Waals surface area contributed by atoms with E-state index in [0.717, 1.165) is 68.1 Å². The molecule has 0 amide bonds. The maximum atomic E-state index is 11.3. The third kappa shape index (κ3) is 4.08. The molecule has 2 atom stereocenters. The minimum Gasteiger partial charge on any atom is -0.386 e. The van der Waals surface area contributed by atoms with Crippen molar-refractivity contribution < 1.29 is 9.84 Å². The summed E-state index contributed by atoms with van der Waals surface area (Å²) in [5.41, 5.74) is 2.11. The molecule has 2 aliphatic heterocycles. The van der Waals surface area contributed by atoms with Gasteiger partial charge in [0.15, 0.2) is 5.82 Å². The van der Waals surface area contributed by atoms with Gasteiger partial charge in [-0.25, -0.2) is 5.10 Å². The number of aromatic nitrogens is 5. The molecule has 10 nitrogen and oxygen atoms in total. The van der Waals surface area contributed by atoms with E-state index in [0.29, 0.717) is 12.2 Å². The van der Waals surface area contributed by atoms with Gasteiger partial charge in [0.1, 0.15) is 11.6 Å². The highest BCUT2D eigenvalue weighted by Gasteiger charge is 2.29. The lowest BCUT2D eigenvalue weighted by Gasteiger charge is -2.35. The molecule has 0 unspecified atom stereocenters. The lowest BCUT2D eigenvalue weighted by Crippen LogP contribution is -2.39. The third-order valence-electron chi connectivity index (χ3n) is 6.10. The fourth-order valence-corrected chi connectivity index (χ4v) is 4.43. The Kier molecular flexibility index (Phi) is 5.47. The number of ether oxygens (including phenoxy) is 1. The van der Waals surface area contributed by atoms with Gasteiger partial charge in [-0.05, 0) is 42.3 Å². The van der Waals surface area contributed by atoms with E-state index in [-0.39, 0.29) is 11.5 Å². The van der Waals surface area contributed by atoms with E-state index >= 15 is 0 Å². The minimum absolute atomic E-state index is 0.0233. The zero-order valence-corrected chi connectivity index (χ0v) is 17.1. The monoisotopic (exact) mass is 423 g/mol. The Morgan fingerprint density at radius 1 is 1.10 bits per heavy atom. The summed E-state index contributed by atoms with van der Waals surface area (Å²) in [6, 6.07) is 9.18. The number of aromatic amines is 1. The molecule has 0 aliphatic carbocycles. The number of nitrogens with one attached hydrogen (secondary N) is 1. The molecular formula is C21H25N7O3. The lowest BCUT2D eigenvalue weighted by atomic mass is 9.90. The molecule has 0 saturated carbocycles. The Morgan fingerprint density at radius 2 is 1.97 bits per heavy atom. The van der Waals surface area contributed by atoms with Crippen LogP contribution in [0.4, 0.5) is 11.5 Å². The molecule has 2 aromatic heterocycles. The molecule has 0 radical (unpaired) electrons. The summed E-state index contributed by atoms with van der Waals surface area (Å²) in [7, 11) is 0. The second-order valence-electron chi connectivity index (χ2n) is 8.05. The minimum atomic E-state index is -0.756. The summed E-state index contributed by atoms with van der Waals surface area (Å²) in [4.78, 5) is 15.7. The molecular weight excluding hydrogens is 398 g/mol. The molecule has 162 valence electrons. The van der Waals surface area contributed by atoms with Crippen LogP contribution >= 0.6 is 0 Å². The number of nitrogens with zero attached hydrogens (tertiary/aromatic N) is 6. The summed E-state index contributed by atoms with van der Waals surface area (Å²) in [5.74, 6) is 0.759. The van der Waals surface area contributed by atoms with Crippen molar-refractivity contribution in [2.75, 3.05) is 49.2 Å². The van der Waals surface area contributed by atoms with Gasteiger partial charge in [-0.1, -0.05) is 0 Å². The quantitative estimate of drug-likeness (QED) is 0.630. The largest absolute Gasteiger partial charge is 0.386 e. The van der Waals surface area contributed by atoms with Crippen LogP contribution in [0.1, 0.15) is 24.6 Å². The topological polar surface area (TPSA) is 120 Å². The highest BCUT2D eigenvalue weighted by molar-refractivity contribution is 5.91. The number of aliphatic hydroxyl groups is 1. The van der Waals surface area contributed by atoms with Gasteiger partial charge in [-0.3, -0.25) is 4.79 Å². The summed E-state index contributed by atoms with van der Waals surface area (Å²) in [6.45, 7) is 4.64. The molecule has 31 heavy (non-hydrogen) atoms. The molecule has 2 N–H and O–H groups in total. The lowest BCUT2D eigenvalue weighted by molar-refractivity contribution is 0.0931. The number of benzene rings is 1. The van der Waals surface area contributed by atoms with Gasteiger partial charge >= 0.3 is 0 Å². The highest BCUT2D eigenvalue weighted by Crippen LogP contribution is 2.33. The average molecular weight is 423 g/mol. The van der Waals surface area contributed by atoms with Crippen LogP contribution in [0.2, 0.25) is 0 Å². The Morgan fingerprint density at radius 3 is 2.77 bits per heavy atom. The van der Waals surface area contributed by atoms with Gasteiger partial charge in [0.25, 0.3) is 5.56 Å². The first kappa shape index (κ1) is 19.8. The molecule has 10 heteroatoms. The van der Waals surface area contributed by atoms with Gasteiger partial charge in [0.2, 0.25) is 0 Å². The Labute approximate surface area is 178 Å². The molecule has 1 aromatic carbocycles. The van der Waals surface area contributed by atoms with Crippen LogP contribution in [-0.2, 0) is 4.74 Å². The zero-order valence-electron chi connectivity index (χ0n) is 17.1. The van der Waals surface area contributed by atoms with E-state index in [1.54, 1.807) is 6.07 Å². The predicted molar refractivity (Wildman–Crippen MR) is 115 cm³/mol. The standard InChI is InChI=1S/C21H25N7O3/c29-19-6-5-17(22-24-19)20(30)14-2-1-7-28(13-14)21-16-4-3-15(12-18(16)23-26-25-21)27-8-10-31-11-9-27/h3-6,12,14,20,30H,1-2,7-11,13H2,(H,24,29)/t14-,20+/m0/s1. The first-order valence-corrected chi connectivity index (χ1v) is 10.6. The third-order valence-corrected chi connectivity index (χ3v) is 6.10. The maximum absolute atomic E-state index is 11.3. The van der Waals surface area contributed by atoms with E-state index in [9.17, 15) is 9.90 Å². The van der Waals surface area contributed by atoms with Crippen molar-refractivity contribution in [1.82, 2.24) is 25.6 Å². The van der Waals surface area contributed by atoms with Crippen LogP contribution in [0, 0.1) is 5.92 Å². The Balaban J connectivity index is 1.39. The number of hydrogen-bond acceptors (Lipinski definition) is 9. The summed E-state index contributed by atoms with van der Waals surface area (Å²) in [5, 5.41) is 30.8. The van der Waals surface area contributed by atoms with E-state index in [2.05, 4.69) is 53.6 Å². The van der Waals surface area contributed by atoms with Crippen LogP contribution in [0.3, 0.4) is 0 Å². The summed E-state index contributed by atoms with van der Waals surface area (Å²) >= 11 is 0. The molecule has 5 rings (SSSR count). The van der Waals surface area contributed by atoms with Gasteiger partial charge in [0, 0.05) is 49.2 Å². The Hall–Kier alpha value is -3.11. The van der Waals surface area contributed by atoms with Gasteiger partial charge < -0.3 is 19.6 Å². The van der Waals surface area contributed by atoms with Crippen molar-refractivity contribution in [3.05, 3.63) is 46.4 Å². The zero-order chi connectivity index (χ0) is 21.2. The molecule has 0 bridgehead atoms. The molecule has 3 aromatic rings. The normalized spacial score (nSPS) is 20.7. The number of aliphatic hydroxyl groups excluding tert-OH is 1. The van der Waals surface area contributed by atoms with E-state index in [1.807, 2.05) is 0 Å². The number of fused-ring (bicyclic) bond motifs is 1. The van der Waals surface area contributed by atoms with Crippen molar-refractivity contribution in [3.8, 4) is 0 Å². The predicted octanol–water partition coefficient (Wildman–Crippen LogP) is 0.895. The number of hydrogen-bond donors (Lipinski definition) is 2. The number of morpholine rings is 1. The van der Waals surface area contributed by atoms with Crippen LogP contribution < -0.4 is 15.4 Å². The smallest absolute Gasteiger partial charge is 0.264 e. The van der Waals surface area contributed by atoms with Gasteiger partial charge in [-0.15, -0.1) is 10.2 Å². The number of anilines is 2. The summed E-state index contributed by atoms with van der Waals surface area (Å²) < 4.78 is 5.45. The molecule has 0 spiro atoms. The maximum Gasteiger partial charge on any atom is 0.264 e. The summed E-state index contributed by atoms with van der Waals surface area (Å²) in [6.07, 6.45) is 1.03. The van der Waals surface area contributed by atoms with Crippen molar-refractivity contribution in [3.63, 3.8) is 0 Å². The molecule has 4 heterocycles. The number of piperidine rings is 1. The molecule has 2 aliphatic rings. The van der Waals surface area contributed by atoms with Crippen molar-refractivity contribution in [2.24, 2.45) is 5.92 Å². The van der Waals surface area contributed by atoms with E-state index < -0.39 is 6.10 Å². The Bertz CT molecular complexity index is 1100. The number of rotatable bonds is 4. The van der Waals surface area contributed by atoms with Crippen LogP contribution in [0.5, 0.6) is 0 Å². The second-order valence-corrected chi connectivity index (χ2v) is 8.05. The fraction of sp³-hybridized carbons (Fsp3) is 0.476. The van der Waals surface area contributed by atoms with Crippen molar-refractivity contribution in [1.29, 1.82) is 0 Å². The fourth-order valence-electron chi connectivity index (χ4n) is 4.43. The highest BCUT2D eigenvalue weighted by atomic mass is 16.5. The van der Waals surface area contributed by atoms with Crippen molar-refractivity contribution in [2.45, 2.75) is 18.9 Å².